The zero-order valence-electron chi connectivity index (χ0n) is 11.9. The summed E-state index contributed by atoms with van der Waals surface area (Å²) < 4.78 is 13.4. The molecule has 3 N–H and O–H groups in total. The lowest BCUT2D eigenvalue weighted by Gasteiger charge is -2.32. The van der Waals surface area contributed by atoms with E-state index in [2.05, 4.69) is 17.1 Å². The molecule has 1 aliphatic rings. The predicted octanol–water partition coefficient (Wildman–Crippen LogP) is 2.21. The molecule has 1 aromatic rings. The van der Waals surface area contributed by atoms with Crippen molar-refractivity contribution >= 4 is 11.6 Å². The number of hydrogen-bond acceptors (Lipinski definition) is 3. The van der Waals surface area contributed by atoms with Gasteiger partial charge in [0.1, 0.15) is 5.82 Å². The topological polar surface area (TPSA) is 58.4 Å². The lowest BCUT2D eigenvalue weighted by atomic mass is 10.0. The second kappa shape index (κ2) is 6.70. The molecule has 2 rings (SSSR count). The Morgan fingerprint density at radius 1 is 1.45 bits per heavy atom. The molecule has 4 nitrogen and oxygen atoms in total. The molecule has 5 heteroatoms. The summed E-state index contributed by atoms with van der Waals surface area (Å²) in [4.78, 5) is 13.6. The van der Waals surface area contributed by atoms with E-state index in [0.29, 0.717) is 6.04 Å². The fraction of sp³-hybridized carbons (Fsp3) is 0.533. The van der Waals surface area contributed by atoms with Gasteiger partial charge in [0.05, 0.1) is 5.56 Å². The van der Waals surface area contributed by atoms with Crippen molar-refractivity contribution in [1.29, 1.82) is 0 Å². The summed E-state index contributed by atoms with van der Waals surface area (Å²) in [6.45, 7) is 5.49. The van der Waals surface area contributed by atoms with Crippen molar-refractivity contribution in [2.24, 2.45) is 5.73 Å². The molecular formula is C15H22FN3O. The van der Waals surface area contributed by atoms with Crippen LogP contribution < -0.4 is 11.1 Å². The third kappa shape index (κ3) is 3.70. The second-order valence-corrected chi connectivity index (χ2v) is 5.32. The zero-order valence-corrected chi connectivity index (χ0v) is 11.9. The SMILES string of the molecule is CCCN1CCC(Nc2ccc(F)c(C(N)=O)c2)CC1. The molecular weight excluding hydrogens is 257 g/mol. The number of benzene rings is 1. The molecule has 0 radical (unpaired) electrons. The van der Waals surface area contributed by atoms with E-state index in [9.17, 15) is 9.18 Å². The molecule has 1 aromatic carbocycles. The van der Waals surface area contributed by atoms with E-state index in [0.717, 1.165) is 38.2 Å². The van der Waals surface area contributed by atoms with E-state index in [-0.39, 0.29) is 5.56 Å². The second-order valence-electron chi connectivity index (χ2n) is 5.32. The third-order valence-corrected chi connectivity index (χ3v) is 3.73. The smallest absolute Gasteiger partial charge is 0.251 e. The molecule has 0 unspecified atom stereocenters. The average molecular weight is 279 g/mol. The van der Waals surface area contributed by atoms with Gasteiger partial charge in [-0.25, -0.2) is 4.39 Å². The van der Waals surface area contributed by atoms with Crippen LogP contribution in [-0.2, 0) is 0 Å². The normalized spacial score (nSPS) is 17.1. The molecule has 1 heterocycles. The molecule has 0 aliphatic carbocycles. The molecule has 1 fully saturated rings. The van der Waals surface area contributed by atoms with E-state index in [1.807, 2.05) is 0 Å². The third-order valence-electron chi connectivity index (χ3n) is 3.73. The molecule has 1 saturated heterocycles. The van der Waals surface area contributed by atoms with E-state index in [4.69, 9.17) is 5.73 Å². The number of piperidine rings is 1. The number of nitrogens with one attached hydrogen (secondary N) is 1. The maximum atomic E-state index is 13.4. The van der Waals surface area contributed by atoms with Crippen LogP contribution in [0.2, 0.25) is 0 Å². The standard InChI is InChI=1S/C15H22FN3O/c1-2-7-19-8-5-11(6-9-19)18-12-3-4-14(16)13(10-12)15(17)20/h3-4,10-11,18H,2,5-9H2,1H3,(H2,17,20). The maximum absolute atomic E-state index is 13.4. The number of halogens is 1. The molecule has 0 atom stereocenters. The van der Waals surface area contributed by atoms with E-state index < -0.39 is 11.7 Å². The van der Waals surface area contributed by atoms with Crippen LogP contribution in [0.4, 0.5) is 10.1 Å². The first-order valence-electron chi connectivity index (χ1n) is 7.18. The fourth-order valence-electron chi connectivity index (χ4n) is 2.66. The minimum absolute atomic E-state index is 0.0570. The number of anilines is 1. The first kappa shape index (κ1) is 14.8. The first-order chi connectivity index (χ1) is 9.60. The number of primary amides is 1. The van der Waals surface area contributed by atoms with Crippen molar-refractivity contribution in [2.75, 3.05) is 25.0 Å². The summed E-state index contributed by atoms with van der Waals surface area (Å²) in [7, 11) is 0. The maximum Gasteiger partial charge on any atom is 0.251 e. The summed E-state index contributed by atoms with van der Waals surface area (Å²) in [5.41, 5.74) is 5.86. The summed E-state index contributed by atoms with van der Waals surface area (Å²) in [5.74, 6) is -1.30. The Hall–Kier alpha value is -1.62. The van der Waals surface area contributed by atoms with Gasteiger partial charge in [-0.15, -0.1) is 0 Å². The van der Waals surface area contributed by atoms with Crippen LogP contribution in [0, 0.1) is 5.82 Å². The Balaban J connectivity index is 1.94. The number of amides is 1. The zero-order chi connectivity index (χ0) is 14.5. The van der Waals surface area contributed by atoms with E-state index in [1.54, 1.807) is 6.07 Å². The van der Waals surface area contributed by atoms with Gasteiger partial charge in [0.2, 0.25) is 0 Å². The quantitative estimate of drug-likeness (QED) is 0.869. The Morgan fingerprint density at radius 3 is 2.75 bits per heavy atom. The van der Waals surface area contributed by atoms with E-state index >= 15 is 0 Å². The van der Waals surface area contributed by atoms with Crippen LogP contribution in [0.3, 0.4) is 0 Å². The highest BCUT2D eigenvalue weighted by Crippen LogP contribution is 2.19. The molecule has 1 aliphatic heterocycles. The van der Waals surface area contributed by atoms with Gasteiger partial charge in [-0.3, -0.25) is 4.79 Å². The van der Waals surface area contributed by atoms with Crippen molar-refractivity contribution in [3.05, 3.63) is 29.6 Å². The highest BCUT2D eigenvalue weighted by atomic mass is 19.1. The lowest BCUT2D eigenvalue weighted by Crippen LogP contribution is -2.39. The van der Waals surface area contributed by atoms with Gasteiger partial charge in [-0.05, 0) is 44.0 Å². The van der Waals surface area contributed by atoms with Gasteiger partial charge in [0.25, 0.3) is 5.91 Å². The number of rotatable bonds is 5. The molecule has 110 valence electrons. The van der Waals surface area contributed by atoms with Crippen LogP contribution in [0.5, 0.6) is 0 Å². The minimum Gasteiger partial charge on any atom is -0.382 e. The van der Waals surface area contributed by atoms with Crippen molar-refractivity contribution in [3.8, 4) is 0 Å². The largest absolute Gasteiger partial charge is 0.382 e. The van der Waals surface area contributed by atoms with Crippen molar-refractivity contribution < 1.29 is 9.18 Å². The Bertz CT molecular complexity index is 470. The van der Waals surface area contributed by atoms with Gasteiger partial charge in [0, 0.05) is 24.8 Å². The Labute approximate surface area is 119 Å². The summed E-state index contributed by atoms with van der Waals surface area (Å²) in [6.07, 6.45) is 3.30. The average Bonchev–Trinajstić information content (AvgIpc) is 2.43. The molecule has 0 spiro atoms. The van der Waals surface area contributed by atoms with Crippen molar-refractivity contribution in [3.63, 3.8) is 0 Å². The molecule has 0 saturated carbocycles. The first-order valence-corrected chi connectivity index (χ1v) is 7.18. The highest BCUT2D eigenvalue weighted by molar-refractivity contribution is 5.94. The van der Waals surface area contributed by atoms with Gasteiger partial charge >= 0.3 is 0 Å². The summed E-state index contributed by atoms with van der Waals surface area (Å²) >= 11 is 0. The number of carbonyl (C=O) groups excluding carboxylic acids is 1. The molecule has 1 amide bonds. The fourth-order valence-corrected chi connectivity index (χ4v) is 2.66. The number of nitrogens with zero attached hydrogens (tertiary/aromatic N) is 1. The van der Waals surface area contributed by atoms with Crippen LogP contribution in [0.15, 0.2) is 18.2 Å². The summed E-state index contributed by atoms with van der Waals surface area (Å²) in [6, 6.07) is 4.81. The van der Waals surface area contributed by atoms with Gasteiger partial charge in [-0.2, -0.15) is 0 Å². The van der Waals surface area contributed by atoms with Crippen molar-refractivity contribution in [2.45, 2.75) is 32.2 Å². The minimum atomic E-state index is -0.732. The highest BCUT2D eigenvalue weighted by Gasteiger charge is 2.19. The van der Waals surface area contributed by atoms with Crippen LogP contribution in [0.25, 0.3) is 0 Å². The Morgan fingerprint density at radius 2 is 2.15 bits per heavy atom. The van der Waals surface area contributed by atoms with Crippen LogP contribution in [-0.4, -0.2) is 36.5 Å². The molecule has 0 bridgehead atoms. The number of carbonyl (C=O) groups is 1. The number of nitrogens with two attached hydrogens (primary N) is 1. The predicted molar refractivity (Wildman–Crippen MR) is 78.3 cm³/mol. The van der Waals surface area contributed by atoms with Crippen LogP contribution in [0.1, 0.15) is 36.5 Å². The van der Waals surface area contributed by atoms with E-state index in [1.165, 1.54) is 18.6 Å². The van der Waals surface area contributed by atoms with Crippen LogP contribution >= 0.6 is 0 Å². The monoisotopic (exact) mass is 279 g/mol. The summed E-state index contributed by atoms with van der Waals surface area (Å²) in [5, 5.41) is 3.36. The van der Waals surface area contributed by atoms with Crippen molar-refractivity contribution in [1.82, 2.24) is 4.90 Å². The van der Waals surface area contributed by atoms with Gasteiger partial charge in [0.15, 0.2) is 0 Å². The Kier molecular flexibility index (Phi) is 4.95. The number of likely N-dealkylation sites (tertiary alicyclic amines) is 1. The van der Waals surface area contributed by atoms with Gasteiger partial charge in [-0.1, -0.05) is 6.92 Å². The lowest BCUT2D eigenvalue weighted by molar-refractivity contribution is 0.0996. The number of hydrogen-bond donors (Lipinski definition) is 2. The molecule has 20 heavy (non-hydrogen) atoms. The molecule has 0 aromatic heterocycles. The van der Waals surface area contributed by atoms with Gasteiger partial charge < -0.3 is 16.0 Å².